The minimum absolute atomic E-state index is 0.0303. The largest absolute Gasteiger partial charge is 0.481 e. The Morgan fingerprint density at radius 3 is 2.26 bits per heavy atom. The van der Waals surface area contributed by atoms with Gasteiger partial charge in [0.25, 0.3) is 0 Å². The third-order valence-electron chi connectivity index (χ3n) is 2.94. The van der Waals surface area contributed by atoms with Gasteiger partial charge in [0.2, 0.25) is 0 Å². The summed E-state index contributed by atoms with van der Waals surface area (Å²) in [5.74, 6) is -0.886. The van der Waals surface area contributed by atoms with Crippen molar-refractivity contribution in [2.24, 2.45) is 0 Å². The van der Waals surface area contributed by atoms with Crippen molar-refractivity contribution in [1.29, 1.82) is 0 Å². The van der Waals surface area contributed by atoms with Gasteiger partial charge in [-0.1, -0.05) is 6.92 Å². The molecule has 0 aliphatic carbocycles. The van der Waals surface area contributed by atoms with Crippen LogP contribution in [0.4, 0.5) is 4.79 Å². The number of rotatable bonds is 9. The molecular weight excluding hydrogens is 246 g/mol. The van der Waals surface area contributed by atoms with Crippen LogP contribution in [0, 0.1) is 0 Å². The molecule has 112 valence electrons. The number of carboxylic acid groups (broad SMARTS) is 1. The van der Waals surface area contributed by atoms with Gasteiger partial charge in [-0.15, -0.1) is 0 Å². The summed E-state index contributed by atoms with van der Waals surface area (Å²) in [4.78, 5) is 26.5. The number of nitrogens with zero attached hydrogens (tertiary/aromatic N) is 2. The van der Waals surface area contributed by atoms with E-state index in [1.807, 2.05) is 27.9 Å². The van der Waals surface area contributed by atoms with Crippen molar-refractivity contribution in [2.45, 2.75) is 39.2 Å². The molecule has 1 unspecified atom stereocenters. The summed E-state index contributed by atoms with van der Waals surface area (Å²) in [7, 11) is 3.99. The highest BCUT2D eigenvalue weighted by Crippen LogP contribution is 2.01. The molecule has 0 saturated carbocycles. The van der Waals surface area contributed by atoms with Crippen molar-refractivity contribution in [1.82, 2.24) is 15.1 Å². The molecule has 0 saturated heterocycles. The fourth-order valence-electron chi connectivity index (χ4n) is 1.76. The first-order chi connectivity index (χ1) is 8.90. The predicted molar refractivity (Wildman–Crippen MR) is 75.3 cm³/mol. The zero-order valence-electron chi connectivity index (χ0n) is 12.5. The van der Waals surface area contributed by atoms with Crippen LogP contribution in [0.1, 0.15) is 33.1 Å². The summed E-state index contributed by atoms with van der Waals surface area (Å²) in [6.07, 6.45) is 1.49. The van der Waals surface area contributed by atoms with Crippen LogP contribution in [0.15, 0.2) is 0 Å². The lowest BCUT2D eigenvalue weighted by Crippen LogP contribution is -2.46. The van der Waals surface area contributed by atoms with E-state index in [1.165, 1.54) is 0 Å². The van der Waals surface area contributed by atoms with E-state index in [2.05, 4.69) is 10.2 Å². The highest BCUT2D eigenvalue weighted by molar-refractivity contribution is 5.75. The zero-order chi connectivity index (χ0) is 14.8. The Morgan fingerprint density at radius 2 is 1.84 bits per heavy atom. The molecule has 0 aliphatic rings. The molecule has 0 aromatic carbocycles. The maximum atomic E-state index is 12.0. The Hall–Kier alpha value is -1.30. The van der Waals surface area contributed by atoms with E-state index in [1.54, 1.807) is 4.90 Å². The maximum Gasteiger partial charge on any atom is 0.317 e. The average molecular weight is 273 g/mol. The first-order valence-electron chi connectivity index (χ1n) is 6.82. The number of carboxylic acids is 1. The van der Waals surface area contributed by atoms with E-state index in [0.29, 0.717) is 19.5 Å². The molecule has 6 heteroatoms. The van der Waals surface area contributed by atoms with Gasteiger partial charge in [-0.3, -0.25) is 4.79 Å². The van der Waals surface area contributed by atoms with E-state index in [9.17, 15) is 9.59 Å². The second-order valence-electron chi connectivity index (χ2n) is 4.89. The quantitative estimate of drug-likeness (QED) is 0.662. The van der Waals surface area contributed by atoms with Crippen LogP contribution in [0.5, 0.6) is 0 Å². The Bertz CT molecular complexity index is 282. The normalized spacial score (nSPS) is 12.3. The molecule has 0 aliphatic heterocycles. The van der Waals surface area contributed by atoms with E-state index < -0.39 is 5.97 Å². The fraction of sp³-hybridized carbons (Fsp3) is 0.846. The Balaban J connectivity index is 4.21. The van der Waals surface area contributed by atoms with Crippen LogP contribution < -0.4 is 5.32 Å². The van der Waals surface area contributed by atoms with Gasteiger partial charge in [0, 0.05) is 19.1 Å². The minimum Gasteiger partial charge on any atom is -0.481 e. The Morgan fingerprint density at radius 1 is 1.21 bits per heavy atom. The SMILES string of the molecule is CCC(CC(=O)O)NC(=O)N(CC)CCCN(C)C. The van der Waals surface area contributed by atoms with Gasteiger partial charge in [0.1, 0.15) is 0 Å². The number of amides is 2. The minimum atomic E-state index is -0.886. The number of hydrogen-bond donors (Lipinski definition) is 2. The van der Waals surface area contributed by atoms with Gasteiger partial charge in [-0.05, 0) is 40.4 Å². The standard InChI is InChI=1S/C13H27N3O3/c1-5-11(10-12(17)18)14-13(19)16(6-2)9-7-8-15(3)4/h11H,5-10H2,1-4H3,(H,14,19)(H,17,18). The molecule has 0 rings (SSSR count). The monoisotopic (exact) mass is 273 g/mol. The molecule has 19 heavy (non-hydrogen) atoms. The average Bonchev–Trinajstić information content (AvgIpc) is 2.32. The summed E-state index contributed by atoms with van der Waals surface area (Å²) in [5.41, 5.74) is 0. The maximum absolute atomic E-state index is 12.0. The summed E-state index contributed by atoms with van der Waals surface area (Å²) in [6.45, 7) is 6.03. The van der Waals surface area contributed by atoms with E-state index >= 15 is 0 Å². The van der Waals surface area contributed by atoms with Crippen molar-refractivity contribution in [3.63, 3.8) is 0 Å². The van der Waals surface area contributed by atoms with Crippen LogP contribution >= 0.6 is 0 Å². The molecule has 2 amide bonds. The van der Waals surface area contributed by atoms with Crippen LogP contribution in [0.25, 0.3) is 0 Å². The molecule has 6 nitrogen and oxygen atoms in total. The number of carbonyl (C=O) groups is 2. The topological polar surface area (TPSA) is 72.9 Å². The molecule has 0 fully saturated rings. The lowest BCUT2D eigenvalue weighted by Gasteiger charge is -2.25. The van der Waals surface area contributed by atoms with Gasteiger partial charge in [-0.2, -0.15) is 0 Å². The summed E-state index contributed by atoms with van der Waals surface area (Å²) < 4.78 is 0. The van der Waals surface area contributed by atoms with Gasteiger partial charge in [0.05, 0.1) is 6.42 Å². The molecule has 0 aromatic rings. The van der Waals surface area contributed by atoms with Gasteiger partial charge in [-0.25, -0.2) is 4.79 Å². The van der Waals surface area contributed by atoms with Crippen molar-refractivity contribution in [2.75, 3.05) is 33.7 Å². The lowest BCUT2D eigenvalue weighted by molar-refractivity contribution is -0.137. The van der Waals surface area contributed by atoms with Crippen LogP contribution in [0.3, 0.4) is 0 Å². The van der Waals surface area contributed by atoms with Crippen LogP contribution in [-0.4, -0.2) is 66.7 Å². The van der Waals surface area contributed by atoms with Crippen molar-refractivity contribution < 1.29 is 14.7 Å². The highest BCUT2D eigenvalue weighted by atomic mass is 16.4. The molecule has 1 atom stereocenters. The van der Waals surface area contributed by atoms with E-state index in [4.69, 9.17) is 5.11 Å². The van der Waals surface area contributed by atoms with Gasteiger partial charge >= 0.3 is 12.0 Å². The number of hydrogen-bond acceptors (Lipinski definition) is 3. The third kappa shape index (κ3) is 8.42. The second kappa shape index (κ2) is 9.61. The first-order valence-corrected chi connectivity index (χ1v) is 6.82. The molecule has 0 heterocycles. The molecule has 0 aromatic heterocycles. The predicted octanol–water partition coefficient (Wildman–Crippen LogP) is 1.22. The van der Waals surface area contributed by atoms with E-state index in [0.717, 1.165) is 13.0 Å². The van der Waals surface area contributed by atoms with Crippen molar-refractivity contribution in [3.05, 3.63) is 0 Å². The summed E-state index contributed by atoms with van der Waals surface area (Å²) >= 11 is 0. The molecule has 2 N–H and O–H groups in total. The Labute approximate surface area is 115 Å². The third-order valence-corrected chi connectivity index (χ3v) is 2.94. The summed E-state index contributed by atoms with van der Waals surface area (Å²) in [6, 6.07) is -0.470. The molecule has 0 spiro atoms. The van der Waals surface area contributed by atoms with E-state index in [-0.39, 0.29) is 18.5 Å². The summed E-state index contributed by atoms with van der Waals surface area (Å²) in [5, 5.41) is 11.5. The second-order valence-corrected chi connectivity index (χ2v) is 4.89. The van der Waals surface area contributed by atoms with Crippen LogP contribution in [-0.2, 0) is 4.79 Å². The molecule has 0 radical (unpaired) electrons. The fourth-order valence-corrected chi connectivity index (χ4v) is 1.76. The first kappa shape index (κ1) is 17.7. The molecular formula is C13H27N3O3. The number of urea groups is 1. The number of nitrogens with one attached hydrogen (secondary N) is 1. The smallest absolute Gasteiger partial charge is 0.317 e. The van der Waals surface area contributed by atoms with Crippen LogP contribution in [0.2, 0.25) is 0 Å². The number of carbonyl (C=O) groups excluding carboxylic acids is 1. The van der Waals surface area contributed by atoms with Gasteiger partial charge in [0.15, 0.2) is 0 Å². The molecule has 0 bridgehead atoms. The number of aliphatic carboxylic acids is 1. The van der Waals surface area contributed by atoms with Gasteiger partial charge < -0.3 is 20.2 Å². The lowest BCUT2D eigenvalue weighted by atomic mass is 10.1. The zero-order valence-corrected chi connectivity index (χ0v) is 12.5. The van der Waals surface area contributed by atoms with Crippen molar-refractivity contribution >= 4 is 12.0 Å². The highest BCUT2D eigenvalue weighted by Gasteiger charge is 2.17. The van der Waals surface area contributed by atoms with Crippen molar-refractivity contribution in [3.8, 4) is 0 Å². The Kier molecular flexibility index (Phi) is 8.95.